The molecule has 3 rings (SSSR count). The largest absolute Gasteiger partial charge is 0.481 e. The third-order valence-electron chi connectivity index (χ3n) is 6.07. The molecule has 10 heteroatoms. The fraction of sp³-hybridized carbons (Fsp3) is 0.433. The number of nitrogens with zero attached hydrogens (tertiary/aromatic N) is 1. The number of fused-ring (bicyclic) bond motifs is 2. The Bertz CT molecular complexity index is 1120. The number of hydrogen-bond acceptors (Lipinski definition) is 7. The van der Waals surface area contributed by atoms with Crippen molar-refractivity contribution in [1.29, 1.82) is 0 Å². The molecule has 2 amide bonds. The summed E-state index contributed by atoms with van der Waals surface area (Å²) in [5, 5.41) is 11.3. The second kappa shape index (κ2) is 17.9. The number of carbonyl (C=O) groups is 3. The Kier molecular flexibility index (Phi) is 13.9. The van der Waals surface area contributed by atoms with Gasteiger partial charge in [0.1, 0.15) is 0 Å². The molecule has 1 aliphatic rings. The number of carboxylic acids is 1. The van der Waals surface area contributed by atoms with E-state index in [0.717, 1.165) is 22.4 Å². The third kappa shape index (κ3) is 11.3. The minimum atomic E-state index is -0.889. The number of carboxylic acid groups (broad SMARTS) is 1. The highest BCUT2D eigenvalue weighted by atomic mass is 16.6. The van der Waals surface area contributed by atoms with Crippen LogP contribution >= 0.6 is 0 Å². The molecule has 0 atom stereocenters. The van der Waals surface area contributed by atoms with Crippen LogP contribution in [0.25, 0.3) is 12.2 Å². The second-order valence-corrected chi connectivity index (χ2v) is 9.01. The van der Waals surface area contributed by atoms with Crippen LogP contribution in [0, 0.1) is 0 Å². The molecule has 2 N–H and O–H groups in total. The molecule has 2 aromatic rings. The highest BCUT2D eigenvalue weighted by molar-refractivity contribution is 5.97. The minimum Gasteiger partial charge on any atom is -0.481 e. The molecule has 10 nitrogen and oxygen atoms in total. The maximum Gasteiger partial charge on any atom is 0.305 e. The van der Waals surface area contributed by atoms with E-state index in [1.165, 1.54) is 0 Å². The number of carbonyl (C=O) groups excluding carboxylic acids is 2. The van der Waals surface area contributed by atoms with Crippen molar-refractivity contribution in [2.75, 3.05) is 64.3 Å². The highest BCUT2D eigenvalue weighted by Gasteiger charge is 2.20. The Morgan fingerprint density at radius 1 is 0.700 bits per heavy atom. The number of amides is 2. The molecule has 0 saturated carbocycles. The highest BCUT2D eigenvalue weighted by Crippen LogP contribution is 2.29. The van der Waals surface area contributed by atoms with Gasteiger partial charge in [-0.2, -0.15) is 0 Å². The van der Waals surface area contributed by atoms with Crippen LogP contribution in [0.5, 0.6) is 0 Å². The number of rotatable bonds is 18. The van der Waals surface area contributed by atoms with E-state index in [9.17, 15) is 14.4 Å². The quantitative estimate of drug-likeness (QED) is 0.270. The van der Waals surface area contributed by atoms with Gasteiger partial charge in [0.15, 0.2) is 0 Å². The molecule has 2 aromatic carbocycles. The molecule has 0 unspecified atom stereocenters. The summed E-state index contributed by atoms with van der Waals surface area (Å²) in [4.78, 5) is 37.5. The van der Waals surface area contributed by atoms with Crippen molar-refractivity contribution >= 4 is 35.6 Å². The van der Waals surface area contributed by atoms with Gasteiger partial charge in [0, 0.05) is 19.4 Å². The summed E-state index contributed by atoms with van der Waals surface area (Å²) in [6.45, 7) is 3.39. The minimum absolute atomic E-state index is 0.0212. The number of aliphatic carboxylic acids is 1. The predicted octanol–water partition coefficient (Wildman–Crippen LogP) is 3.14. The van der Waals surface area contributed by atoms with Crippen LogP contribution in [0.2, 0.25) is 0 Å². The van der Waals surface area contributed by atoms with E-state index >= 15 is 0 Å². The lowest BCUT2D eigenvalue weighted by Crippen LogP contribution is -2.35. The Hall–Kier alpha value is -3.57. The normalized spacial score (nSPS) is 13.1. The van der Waals surface area contributed by atoms with Crippen LogP contribution in [0.1, 0.15) is 36.0 Å². The summed E-state index contributed by atoms with van der Waals surface area (Å²) in [5.41, 5.74) is 3.98. The fourth-order valence-electron chi connectivity index (χ4n) is 3.99. The Balaban J connectivity index is 1.25. The molecule has 0 radical (unpaired) electrons. The second-order valence-electron chi connectivity index (χ2n) is 9.01. The van der Waals surface area contributed by atoms with Gasteiger partial charge in [0.25, 0.3) is 0 Å². The van der Waals surface area contributed by atoms with Gasteiger partial charge in [-0.1, -0.05) is 54.6 Å². The summed E-state index contributed by atoms with van der Waals surface area (Å²) in [7, 11) is 0. The van der Waals surface area contributed by atoms with Gasteiger partial charge >= 0.3 is 5.97 Å². The number of hydrogen-bond donors (Lipinski definition) is 2. The summed E-state index contributed by atoms with van der Waals surface area (Å²) < 4.78 is 21.3. The predicted molar refractivity (Wildman–Crippen MR) is 151 cm³/mol. The van der Waals surface area contributed by atoms with Gasteiger partial charge in [0.05, 0.1) is 71.5 Å². The summed E-state index contributed by atoms with van der Waals surface area (Å²) in [5.74, 6) is -1.12. The standard InChI is InChI=1S/C30H38N2O8/c33-28(12-15-37-17-19-39-21-22-40-20-18-38-16-13-30(35)36)31-14-11-29(34)32-23-26-7-2-1-5-24(26)9-10-25-6-3-4-8-27(25)32/h1-10H,11-23H2,(H,31,33)(H,35,36)/b10-9-. The van der Waals surface area contributed by atoms with E-state index in [4.69, 9.17) is 24.1 Å². The number of anilines is 1. The van der Waals surface area contributed by atoms with Crippen LogP contribution < -0.4 is 10.2 Å². The fourth-order valence-corrected chi connectivity index (χ4v) is 3.99. The molecule has 1 aliphatic heterocycles. The van der Waals surface area contributed by atoms with Gasteiger partial charge < -0.3 is 34.3 Å². The molecule has 216 valence electrons. The first kappa shape index (κ1) is 31.0. The van der Waals surface area contributed by atoms with Gasteiger partial charge in [-0.15, -0.1) is 0 Å². The SMILES string of the molecule is O=C(O)CCOCCOCCOCCOCCC(=O)NCCC(=O)N1Cc2ccccc2/C=C\c2ccccc21. The smallest absolute Gasteiger partial charge is 0.305 e. The van der Waals surface area contributed by atoms with Crippen molar-refractivity contribution in [3.8, 4) is 0 Å². The van der Waals surface area contributed by atoms with Crippen LogP contribution in [-0.2, 0) is 39.9 Å². The average Bonchev–Trinajstić information content (AvgIpc) is 2.94. The van der Waals surface area contributed by atoms with Crippen LogP contribution in [0.15, 0.2) is 48.5 Å². The van der Waals surface area contributed by atoms with Crippen LogP contribution in [0.3, 0.4) is 0 Å². The Morgan fingerprint density at radius 3 is 1.93 bits per heavy atom. The van der Waals surface area contributed by atoms with Gasteiger partial charge in [0.2, 0.25) is 11.8 Å². The first-order chi connectivity index (χ1) is 19.5. The van der Waals surface area contributed by atoms with E-state index < -0.39 is 5.97 Å². The van der Waals surface area contributed by atoms with E-state index in [1.54, 1.807) is 4.90 Å². The van der Waals surface area contributed by atoms with E-state index in [2.05, 4.69) is 11.4 Å². The van der Waals surface area contributed by atoms with Crippen LogP contribution in [0.4, 0.5) is 5.69 Å². The lowest BCUT2D eigenvalue weighted by atomic mass is 10.0. The zero-order valence-electron chi connectivity index (χ0n) is 22.7. The molecule has 0 bridgehead atoms. The maximum absolute atomic E-state index is 13.2. The zero-order valence-corrected chi connectivity index (χ0v) is 22.7. The van der Waals surface area contributed by atoms with Crippen LogP contribution in [-0.4, -0.2) is 82.3 Å². The first-order valence-corrected chi connectivity index (χ1v) is 13.5. The van der Waals surface area contributed by atoms with Crippen molar-refractivity contribution in [2.24, 2.45) is 0 Å². The first-order valence-electron chi connectivity index (χ1n) is 13.5. The number of benzene rings is 2. The van der Waals surface area contributed by atoms with Gasteiger partial charge in [-0.25, -0.2) is 0 Å². The molecule has 1 heterocycles. The van der Waals surface area contributed by atoms with Crippen molar-refractivity contribution in [3.63, 3.8) is 0 Å². The van der Waals surface area contributed by atoms with Gasteiger partial charge in [-0.3, -0.25) is 14.4 Å². The lowest BCUT2D eigenvalue weighted by molar-refractivity contribution is -0.138. The molecular weight excluding hydrogens is 516 g/mol. The maximum atomic E-state index is 13.2. The molecule has 0 aromatic heterocycles. The molecular formula is C30H38N2O8. The third-order valence-corrected chi connectivity index (χ3v) is 6.07. The topological polar surface area (TPSA) is 124 Å². The molecule has 40 heavy (non-hydrogen) atoms. The van der Waals surface area contributed by atoms with Gasteiger partial charge in [-0.05, 0) is 22.8 Å². The van der Waals surface area contributed by atoms with Crippen molar-refractivity contribution in [2.45, 2.75) is 25.8 Å². The summed E-state index contributed by atoms with van der Waals surface area (Å²) >= 11 is 0. The Morgan fingerprint density at radius 2 is 1.25 bits per heavy atom. The van der Waals surface area contributed by atoms with E-state index in [0.29, 0.717) is 46.2 Å². The van der Waals surface area contributed by atoms with E-state index in [-0.39, 0.29) is 50.8 Å². The zero-order chi connectivity index (χ0) is 28.4. The molecule has 0 aliphatic carbocycles. The average molecular weight is 555 g/mol. The van der Waals surface area contributed by atoms with Crippen molar-refractivity contribution in [1.82, 2.24) is 5.32 Å². The molecule has 0 fully saturated rings. The van der Waals surface area contributed by atoms with Crippen molar-refractivity contribution in [3.05, 3.63) is 65.2 Å². The number of ether oxygens (including phenoxy) is 4. The van der Waals surface area contributed by atoms with Crippen molar-refractivity contribution < 1.29 is 38.4 Å². The van der Waals surface area contributed by atoms with E-state index in [1.807, 2.05) is 54.6 Å². The Labute approximate surface area is 234 Å². The monoisotopic (exact) mass is 554 g/mol. The lowest BCUT2D eigenvalue weighted by Gasteiger charge is -2.27. The number of nitrogens with one attached hydrogen (secondary N) is 1. The summed E-state index contributed by atoms with van der Waals surface area (Å²) in [6.07, 6.45) is 4.47. The summed E-state index contributed by atoms with van der Waals surface area (Å²) in [6, 6.07) is 15.8. The molecule has 0 saturated heterocycles. The number of para-hydroxylation sites is 1. The molecule has 0 spiro atoms.